The number of hydrogen-bond acceptors (Lipinski definition) is 2. The van der Waals surface area contributed by atoms with Gasteiger partial charge in [0, 0.05) is 0 Å². The summed E-state index contributed by atoms with van der Waals surface area (Å²) in [6, 6.07) is 0. The molecule has 56 valence electrons. The first-order valence-corrected chi connectivity index (χ1v) is 6.81. The Labute approximate surface area is 67.2 Å². The number of rotatable bonds is 3. The van der Waals surface area contributed by atoms with Gasteiger partial charge >= 0.3 is 7.58 Å². The molecule has 0 aromatic rings. The minimum Gasteiger partial charge on any atom is -0.301 e. The maximum absolute atomic E-state index is 5.58. The second kappa shape index (κ2) is 4.52. The minimum absolute atomic E-state index is 0.275. The lowest BCUT2D eigenvalue weighted by Crippen LogP contribution is -2.42. The summed E-state index contributed by atoms with van der Waals surface area (Å²) in [5.41, 5.74) is 0. The van der Waals surface area contributed by atoms with E-state index in [4.69, 9.17) is 22.2 Å². The number of nitrogens with zero attached hydrogens (tertiary/aromatic N) is 1. The van der Waals surface area contributed by atoms with E-state index >= 15 is 0 Å². The molecule has 0 bridgehead atoms. The molecular weight excluding hydrogens is 175 g/mol. The summed E-state index contributed by atoms with van der Waals surface area (Å²) >= 11 is 11.2. The number of halogens is 2. The van der Waals surface area contributed by atoms with E-state index in [2.05, 4.69) is 4.98 Å². The molecule has 0 aromatic carbocycles. The number of hydrogen-bond donors (Lipinski definition) is 1. The lowest BCUT2D eigenvalue weighted by atomic mass is 10.6. The third-order valence-corrected chi connectivity index (χ3v) is 2.63. The Morgan fingerprint density at radius 1 is 1.44 bits per heavy atom. The average Bonchev–Trinajstić information content (AvgIpc) is 1.63. The molecule has 1 atom stereocenters. The maximum Gasteiger partial charge on any atom is 0.308 e. The Bertz CT molecular complexity index is 79.0. The third-order valence-electron chi connectivity index (χ3n) is 1.14. The summed E-state index contributed by atoms with van der Waals surface area (Å²) in [5, 5.41) is 0. The van der Waals surface area contributed by atoms with Crippen LogP contribution in [0.15, 0.2) is 0 Å². The van der Waals surface area contributed by atoms with E-state index in [1.54, 1.807) is 0 Å². The highest BCUT2D eigenvalue weighted by atomic mass is 35.7. The van der Waals surface area contributed by atoms with Gasteiger partial charge in [-0.3, -0.25) is 4.90 Å². The van der Waals surface area contributed by atoms with Crippen molar-refractivity contribution in [1.82, 2.24) is 9.88 Å². The van der Waals surface area contributed by atoms with Crippen LogP contribution in [0, 0.1) is 0 Å². The Kier molecular flexibility index (Phi) is 4.88. The van der Waals surface area contributed by atoms with Crippen LogP contribution in [0.5, 0.6) is 0 Å². The van der Waals surface area contributed by atoms with Gasteiger partial charge in [0.15, 0.2) is 0 Å². The second-order valence-corrected chi connectivity index (χ2v) is 6.33. The summed E-state index contributed by atoms with van der Waals surface area (Å²) < 4.78 is 0. The van der Waals surface area contributed by atoms with Crippen LogP contribution in [0.1, 0.15) is 6.92 Å². The molecular formula is C4H12Cl2N2Si. The normalized spacial score (nSPS) is 15.0. The van der Waals surface area contributed by atoms with Gasteiger partial charge in [-0.2, -0.15) is 0 Å². The summed E-state index contributed by atoms with van der Waals surface area (Å²) in [7, 11) is 2.32. The molecule has 0 spiro atoms. The zero-order chi connectivity index (χ0) is 7.44. The zero-order valence-electron chi connectivity index (χ0n) is 5.86. The van der Waals surface area contributed by atoms with Crippen LogP contribution >= 0.6 is 22.2 Å². The molecule has 5 heteroatoms. The van der Waals surface area contributed by atoms with Gasteiger partial charge < -0.3 is 4.98 Å². The molecule has 1 unspecified atom stereocenters. The van der Waals surface area contributed by atoms with Crippen LogP contribution in [0.3, 0.4) is 0 Å². The van der Waals surface area contributed by atoms with Crippen LogP contribution in [0.25, 0.3) is 0 Å². The highest BCUT2D eigenvalue weighted by Crippen LogP contribution is 1.94. The van der Waals surface area contributed by atoms with Crippen LogP contribution < -0.4 is 4.98 Å². The molecule has 1 N–H and O–H groups in total. The minimum atomic E-state index is -1.63. The van der Waals surface area contributed by atoms with Gasteiger partial charge in [-0.15, -0.1) is 22.2 Å². The molecule has 0 aliphatic carbocycles. The van der Waals surface area contributed by atoms with Crippen molar-refractivity contribution < 1.29 is 0 Å². The molecule has 0 amide bonds. The molecule has 2 nitrogen and oxygen atoms in total. The van der Waals surface area contributed by atoms with E-state index in [1.165, 1.54) is 0 Å². The van der Waals surface area contributed by atoms with Crippen molar-refractivity contribution >= 4 is 29.7 Å². The lowest BCUT2D eigenvalue weighted by Gasteiger charge is -2.20. The van der Waals surface area contributed by atoms with Gasteiger partial charge in [0.25, 0.3) is 0 Å². The van der Waals surface area contributed by atoms with E-state index in [9.17, 15) is 0 Å². The summed E-state index contributed by atoms with van der Waals surface area (Å²) in [6.45, 7) is 2.02. The fourth-order valence-electron chi connectivity index (χ4n) is 0.331. The highest BCUT2D eigenvalue weighted by molar-refractivity contribution is 7.32. The van der Waals surface area contributed by atoms with Gasteiger partial charge in [-0.05, 0) is 21.0 Å². The monoisotopic (exact) mass is 186 g/mol. The third kappa shape index (κ3) is 5.18. The average molecular weight is 187 g/mol. The molecule has 0 aliphatic heterocycles. The smallest absolute Gasteiger partial charge is 0.301 e. The zero-order valence-corrected chi connectivity index (χ0v) is 8.52. The van der Waals surface area contributed by atoms with Crippen molar-refractivity contribution in [2.24, 2.45) is 0 Å². The Morgan fingerprint density at radius 2 is 1.89 bits per heavy atom. The van der Waals surface area contributed by atoms with Crippen LogP contribution in [0.2, 0.25) is 0 Å². The first-order valence-electron chi connectivity index (χ1n) is 2.74. The molecule has 0 saturated carbocycles. The first kappa shape index (κ1) is 9.72. The maximum atomic E-state index is 5.58. The van der Waals surface area contributed by atoms with Gasteiger partial charge in [0.2, 0.25) is 0 Å². The second-order valence-electron chi connectivity index (χ2n) is 2.11. The van der Waals surface area contributed by atoms with E-state index in [-0.39, 0.29) is 6.17 Å². The van der Waals surface area contributed by atoms with Crippen molar-refractivity contribution in [3.63, 3.8) is 0 Å². The summed E-state index contributed by atoms with van der Waals surface area (Å²) in [6.07, 6.45) is 0.275. The highest BCUT2D eigenvalue weighted by Gasteiger charge is 2.08. The van der Waals surface area contributed by atoms with Gasteiger partial charge in [0.05, 0.1) is 6.17 Å². The van der Waals surface area contributed by atoms with Gasteiger partial charge in [0.1, 0.15) is 0 Å². The van der Waals surface area contributed by atoms with Crippen molar-refractivity contribution in [3.8, 4) is 0 Å². The van der Waals surface area contributed by atoms with E-state index in [1.807, 2.05) is 25.9 Å². The molecule has 0 aliphatic rings. The number of nitrogens with one attached hydrogen (secondary N) is 1. The molecule has 0 fully saturated rings. The molecule has 0 rings (SSSR count). The predicted molar refractivity (Wildman–Crippen MR) is 45.1 cm³/mol. The fourth-order valence-corrected chi connectivity index (χ4v) is 2.09. The van der Waals surface area contributed by atoms with Gasteiger partial charge in [-0.1, -0.05) is 0 Å². The van der Waals surface area contributed by atoms with Crippen LogP contribution in [-0.2, 0) is 0 Å². The lowest BCUT2D eigenvalue weighted by molar-refractivity contribution is 0.301. The Balaban J connectivity index is 3.38. The summed E-state index contributed by atoms with van der Waals surface area (Å²) in [5.74, 6) is 0. The van der Waals surface area contributed by atoms with Crippen molar-refractivity contribution in [1.29, 1.82) is 0 Å². The summed E-state index contributed by atoms with van der Waals surface area (Å²) in [4.78, 5) is 5.06. The molecule has 0 saturated heterocycles. The van der Waals surface area contributed by atoms with Crippen molar-refractivity contribution in [2.45, 2.75) is 13.1 Å². The van der Waals surface area contributed by atoms with E-state index < -0.39 is 7.58 Å². The predicted octanol–water partition coefficient (Wildman–Crippen LogP) is 0.678. The van der Waals surface area contributed by atoms with Crippen LogP contribution in [0.4, 0.5) is 0 Å². The molecule has 0 heterocycles. The fraction of sp³-hybridized carbons (Fsp3) is 1.00. The molecule has 0 radical (unpaired) electrons. The Morgan fingerprint density at radius 3 is 2.00 bits per heavy atom. The molecule has 0 aromatic heterocycles. The van der Waals surface area contributed by atoms with Crippen molar-refractivity contribution in [2.75, 3.05) is 14.1 Å². The van der Waals surface area contributed by atoms with Crippen LogP contribution in [-0.4, -0.2) is 32.7 Å². The first-order chi connectivity index (χ1) is 4.04. The SMILES string of the molecule is CC(N[SiH](Cl)Cl)N(C)C. The largest absolute Gasteiger partial charge is 0.308 e. The topological polar surface area (TPSA) is 15.3 Å². The Hall–Kier alpha value is 0.717. The van der Waals surface area contributed by atoms with E-state index in [0.29, 0.717) is 0 Å². The van der Waals surface area contributed by atoms with Gasteiger partial charge in [-0.25, -0.2) is 0 Å². The van der Waals surface area contributed by atoms with E-state index in [0.717, 1.165) is 0 Å². The van der Waals surface area contributed by atoms with Crippen molar-refractivity contribution in [3.05, 3.63) is 0 Å². The molecule has 9 heavy (non-hydrogen) atoms. The quantitative estimate of drug-likeness (QED) is 0.397. The standard InChI is InChI=1S/C4H12Cl2N2Si/c1-4(8(2)3)7-9(5)6/h4,7,9H,1-3H3.